The van der Waals surface area contributed by atoms with Crippen molar-refractivity contribution in [2.45, 2.75) is 6.61 Å². The molecule has 0 aliphatic carbocycles. The Hall–Kier alpha value is -0.560. The number of aromatic amines is 1. The Balaban J connectivity index is 2.44. The van der Waals surface area contributed by atoms with Crippen molar-refractivity contribution in [2.75, 3.05) is 7.11 Å². The minimum atomic E-state index is 0.506. The van der Waals surface area contributed by atoms with E-state index < -0.39 is 0 Å². The molecule has 1 N–H and O–H groups in total. The third-order valence-electron chi connectivity index (χ3n) is 1.91. The van der Waals surface area contributed by atoms with Crippen molar-refractivity contribution in [3.8, 4) is 10.7 Å². The predicted octanol–water partition coefficient (Wildman–Crippen LogP) is 3.78. The standard InChI is InChI=1S/C10H9BrN2OS2/c1-14-5-6-4-9(15)13-10(12-6)7-2-3-8(11)16-7/h2-4H,5H2,1H3,(H,12,13,15). The van der Waals surface area contributed by atoms with Crippen LogP contribution >= 0.6 is 39.5 Å². The zero-order valence-electron chi connectivity index (χ0n) is 8.49. The van der Waals surface area contributed by atoms with E-state index in [-0.39, 0.29) is 0 Å². The molecule has 16 heavy (non-hydrogen) atoms. The van der Waals surface area contributed by atoms with E-state index in [1.165, 1.54) is 0 Å². The van der Waals surface area contributed by atoms with Crippen LogP contribution in [0.2, 0.25) is 0 Å². The summed E-state index contributed by atoms with van der Waals surface area (Å²) in [5, 5.41) is 0. The van der Waals surface area contributed by atoms with Gasteiger partial charge in [0.1, 0.15) is 10.5 Å². The average Bonchev–Trinajstić information content (AvgIpc) is 2.64. The van der Waals surface area contributed by atoms with Gasteiger partial charge in [-0.15, -0.1) is 11.3 Å². The minimum absolute atomic E-state index is 0.506. The number of methoxy groups -OCH3 is 1. The van der Waals surface area contributed by atoms with Gasteiger partial charge in [-0.2, -0.15) is 0 Å². The molecule has 2 aromatic heterocycles. The van der Waals surface area contributed by atoms with Crippen LogP contribution in [0.4, 0.5) is 0 Å². The summed E-state index contributed by atoms with van der Waals surface area (Å²) in [4.78, 5) is 8.55. The van der Waals surface area contributed by atoms with Crippen LogP contribution in [0.1, 0.15) is 5.69 Å². The van der Waals surface area contributed by atoms with Gasteiger partial charge in [0.05, 0.1) is 15.3 Å². The van der Waals surface area contributed by atoms with Gasteiger partial charge in [-0.3, -0.25) is 0 Å². The molecule has 0 saturated carbocycles. The van der Waals surface area contributed by atoms with E-state index in [0.29, 0.717) is 11.2 Å². The Kier molecular flexibility index (Phi) is 3.86. The number of thiophene rings is 1. The SMILES string of the molecule is COCc1cc(=S)nc(-c2ccc(Br)s2)[nH]1. The molecule has 2 rings (SSSR count). The molecule has 0 amide bonds. The van der Waals surface area contributed by atoms with E-state index in [2.05, 4.69) is 25.9 Å². The van der Waals surface area contributed by atoms with Crippen LogP contribution in [0, 0.1) is 4.64 Å². The Morgan fingerprint density at radius 3 is 3.00 bits per heavy atom. The number of ether oxygens (including phenoxy) is 1. The molecule has 6 heteroatoms. The largest absolute Gasteiger partial charge is 0.378 e. The fourth-order valence-electron chi connectivity index (χ4n) is 1.30. The molecule has 84 valence electrons. The molecular weight excluding hydrogens is 308 g/mol. The third kappa shape index (κ3) is 2.76. The number of rotatable bonds is 3. The van der Waals surface area contributed by atoms with Crippen molar-refractivity contribution in [3.05, 3.63) is 32.3 Å². The molecule has 0 saturated heterocycles. The Labute approximate surface area is 111 Å². The molecule has 3 nitrogen and oxygen atoms in total. The average molecular weight is 317 g/mol. The van der Waals surface area contributed by atoms with Gasteiger partial charge in [-0.25, -0.2) is 4.98 Å². The van der Waals surface area contributed by atoms with Crippen molar-refractivity contribution >= 4 is 39.5 Å². The Morgan fingerprint density at radius 2 is 2.38 bits per heavy atom. The Morgan fingerprint density at radius 1 is 1.56 bits per heavy atom. The Bertz CT molecular complexity index is 550. The molecule has 0 fully saturated rings. The molecule has 0 bridgehead atoms. The van der Waals surface area contributed by atoms with Crippen LogP contribution < -0.4 is 0 Å². The normalized spacial score (nSPS) is 10.6. The topological polar surface area (TPSA) is 37.9 Å². The van der Waals surface area contributed by atoms with E-state index in [9.17, 15) is 0 Å². The zero-order chi connectivity index (χ0) is 11.5. The lowest BCUT2D eigenvalue weighted by Crippen LogP contribution is -1.96. The summed E-state index contributed by atoms with van der Waals surface area (Å²) in [5.41, 5.74) is 0.932. The van der Waals surface area contributed by atoms with Gasteiger partial charge in [-0.05, 0) is 34.1 Å². The number of hydrogen-bond acceptors (Lipinski definition) is 4. The molecule has 0 aliphatic heterocycles. The maximum absolute atomic E-state index is 5.11. The first-order valence-electron chi connectivity index (χ1n) is 4.54. The number of H-pyrrole nitrogens is 1. The molecular formula is C10H9BrN2OS2. The highest BCUT2D eigenvalue weighted by molar-refractivity contribution is 9.11. The van der Waals surface area contributed by atoms with Crippen LogP contribution in [-0.4, -0.2) is 17.1 Å². The summed E-state index contributed by atoms with van der Waals surface area (Å²) in [6, 6.07) is 5.80. The van der Waals surface area contributed by atoms with Gasteiger partial charge in [0, 0.05) is 12.8 Å². The van der Waals surface area contributed by atoms with Crippen molar-refractivity contribution < 1.29 is 4.74 Å². The summed E-state index contributed by atoms with van der Waals surface area (Å²) in [7, 11) is 1.65. The number of nitrogens with zero attached hydrogens (tertiary/aromatic N) is 1. The molecule has 0 aromatic carbocycles. The molecule has 0 atom stereocenters. The van der Waals surface area contributed by atoms with E-state index in [0.717, 1.165) is 20.2 Å². The van der Waals surface area contributed by atoms with E-state index in [4.69, 9.17) is 17.0 Å². The molecule has 0 unspecified atom stereocenters. The van der Waals surface area contributed by atoms with E-state index >= 15 is 0 Å². The molecule has 0 aliphatic rings. The van der Waals surface area contributed by atoms with Crippen molar-refractivity contribution in [2.24, 2.45) is 0 Å². The monoisotopic (exact) mass is 316 g/mol. The van der Waals surface area contributed by atoms with Gasteiger partial charge in [0.25, 0.3) is 0 Å². The predicted molar refractivity (Wildman–Crippen MR) is 71.1 cm³/mol. The smallest absolute Gasteiger partial charge is 0.149 e. The van der Waals surface area contributed by atoms with Gasteiger partial charge >= 0.3 is 0 Å². The maximum atomic E-state index is 5.11. The third-order valence-corrected chi connectivity index (χ3v) is 3.74. The van der Waals surface area contributed by atoms with Crippen LogP contribution in [0.5, 0.6) is 0 Å². The lowest BCUT2D eigenvalue weighted by Gasteiger charge is -2.03. The highest BCUT2D eigenvalue weighted by atomic mass is 79.9. The number of hydrogen-bond donors (Lipinski definition) is 1. The first-order valence-corrected chi connectivity index (χ1v) is 6.55. The lowest BCUT2D eigenvalue weighted by atomic mass is 10.4. The zero-order valence-corrected chi connectivity index (χ0v) is 11.7. The highest BCUT2D eigenvalue weighted by Crippen LogP contribution is 2.29. The quantitative estimate of drug-likeness (QED) is 0.876. The van der Waals surface area contributed by atoms with Gasteiger partial charge in [0.2, 0.25) is 0 Å². The second-order valence-electron chi connectivity index (χ2n) is 3.13. The number of nitrogens with one attached hydrogen (secondary N) is 1. The van der Waals surface area contributed by atoms with Gasteiger partial charge in [0.15, 0.2) is 0 Å². The molecule has 0 radical (unpaired) electrons. The first kappa shape index (κ1) is 11.9. The second-order valence-corrected chi connectivity index (χ2v) is 6.01. The number of halogens is 1. The van der Waals surface area contributed by atoms with Crippen molar-refractivity contribution in [1.82, 2.24) is 9.97 Å². The first-order chi connectivity index (χ1) is 7.69. The highest BCUT2D eigenvalue weighted by Gasteiger charge is 2.05. The van der Waals surface area contributed by atoms with Crippen LogP contribution in [0.3, 0.4) is 0 Å². The fraction of sp³-hybridized carbons (Fsp3) is 0.200. The molecule has 0 spiro atoms. The summed E-state index contributed by atoms with van der Waals surface area (Å²) >= 11 is 10.1. The maximum Gasteiger partial charge on any atom is 0.149 e. The minimum Gasteiger partial charge on any atom is -0.378 e. The van der Waals surface area contributed by atoms with Crippen LogP contribution in [0.15, 0.2) is 22.0 Å². The molecule has 2 aromatic rings. The lowest BCUT2D eigenvalue weighted by molar-refractivity contribution is 0.181. The summed E-state index contributed by atoms with van der Waals surface area (Å²) in [6.07, 6.45) is 0. The summed E-state index contributed by atoms with van der Waals surface area (Å²) in [6.45, 7) is 0.506. The van der Waals surface area contributed by atoms with E-state index in [1.807, 2.05) is 18.2 Å². The second kappa shape index (κ2) is 5.18. The summed E-state index contributed by atoms with van der Waals surface area (Å²) < 4.78 is 6.71. The van der Waals surface area contributed by atoms with E-state index in [1.54, 1.807) is 18.4 Å². The van der Waals surface area contributed by atoms with Crippen LogP contribution in [-0.2, 0) is 11.3 Å². The van der Waals surface area contributed by atoms with Crippen molar-refractivity contribution in [3.63, 3.8) is 0 Å². The fourth-order valence-corrected chi connectivity index (χ4v) is 2.86. The summed E-state index contributed by atoms with van der Waals surface area (Å²) in [5.74, 6) is 0.787. The van der Waals surface area contributed by atoms with Crippen molar-refractivity contribution in [1.29, 1.82) is 0 Å². The van der Waals surface area contributed by atoms with Gasteiger partial charge < -0.3 is 9.72 Å². The van der Waals surface area contributed by atoms with Crippen LogP contribution in [0.25, 0.3) is 10.7 Å². The van der Waals surface area contributed by atoms with Gasteiger partial charge in [-0.1, -0.05) is 12.2 Å². The number of aromatic nitrogens is 2. The molecule has 2 heterocycles.